The fourth-order valence-corrected chi connectivity index (χ4v) is 7.67. The van der Waals surface area contributed by atoms with E-state index in [1.165, 1.54) is 16.7 Å². The van der Waals surface area contributed by atoms with E-state index in [2.05, 4.69) is 140 Å². The highest BCUT2D eigenvalue weighted by atomic mass is 16.3. The molecule has 0 amide bonds. The van der Waals surface area contributed by atoms with Crippen molar-refractivity contribution >= 4 is 27.5 Å². The largest absolute Gasteiger partial charge is 0.455 e. The number of rotatable bonds is 6. The molecule has 2 atom stereocenters. The first-order chi connectivity index (χ1) is 26.3. The monoisotopic (exact) mass is 679 g/mol. The molecule has 0 spiro atoms. The number of nitrogens with zero attached hydrogens (tertiary/aromatic N) is 3. The quantitative estimate of drug-likeness (QED) is 0.175. The van der Waals surface area contributed by atoms with E-state index in [-0.39, 0.29) is 0 Å². The van der Waals surface area contributed by atoms with Crippen LogP contribution in [0.2, 0.25) is 0 Å². The lowest BCUT2D eigenvalue weighted by atomic mass is 9.77. The Morgan fingerprint density at radius 3 is 1.74 bits per heavy atom. The summed E-state index contributed by atoms with van der Waals surface area (Å²) in [5.41, 5.74) is 11.4. The first-order valence-electron chi connectivity index (χ1n) is 18.0. The molecule has 0 aliphatic heterocycles. The molecule has 2 aliphatic carbocycles. The number of furan rings is 1. The summed E-state index contributed by atoms with van der Waals surface area (Å²) in [5, 5.41) is 2.01. The summed E-state index contributed by atoms with van der Waals surface area (Å²) in [6.45, 7) is 0. The molecule has 4 nitrogen and oxygen atoms in total. The van der Waals surface area contributed by atoms with Crippen LogP contribution in [0.25, 0.3) is 83.9 Å². The smallest absolute Gasteiger partial charge is 0.164 e. The number of aromatic nitrogens is 3. The molecule has 10 rings (SSSR count). The number of hydrogen-bond donors (Lipinski definition) is 0. The van der Waals surface area contributed by atoms with Gasteiger partial charge in [0.2, 0.25) is 0 Å². The fourth-order valence-electron chi connectivity index (χ4n) is 7.67. The first kappa shape index (κ1) is 30.9. The number of benzene rings is 6. The zero-order valence-corrected chi connectivity index (χ0v) is 28.8. The van der Waals surface area contributed by atoms with E-state index in [4.69, 9.17) is 19.4 Å². The fraction of sp³-hybridized carbons (Fsp3) is 0.0408. The van der Waals surface area contributed by atoms with Gasteiger partial charge in [-0.05, 0) is 46.0 Å². The van der Waals surface area contributed by atoms with Gasteiger partial charge < -0.3 is 4.42 Å². The van der Waals surface area contributed by atoms with Crippen LogP contribution in [0.3, 0.4) is 0 Å². The van der Waals surface area contributed by atoms with Gasteiger partial charge in [0.15, 0.2) is 17.5 Å². The van der Waals surface area contributed by atoms with Gasteiger partial charge in [-0.25, -0.2) is 15.0 Å². The van der Waals surface area contributed by atoms with Gasteiger partial charge in [-0.2, -0.15) is 0 Å². The van der Waals surface area contributed by atoms with Crippen LogP contribution in [0.4, 0.5) is 0 Å². The minimum absolute atomic E-state index is 0.352. The molecule has 4 heteroatoms. The summed E-state index contributed by atoms with van der Waals surface area (Å²) in [5.74, 6) is 2.59. The molecule has 2 unspecified atom stereocenters. The van der Waals surface area contributed by atoms with Crippen molar-refractivity contribution < 1.29 is 4.42 Å². The van der Waals surface area contributed by atoms with Crippen molar-refractivity contribution in [1.82, 2.24) is 15.0 Å². The first-order valence-corrected chi connectivity index (χ1v) is 18.0. The summed E-state index contributed by atoms with van der Waals surface area (Å²) in [6.07, 6.45) is 15.6. The van der Waals surface area contributed by atoms with Crippen LogP contribution in [0.1, 0.15) is 5.56 Å². The van der Waals surface area contributed by atoms with Gasteiger partial charge in [-0.1, -0.05) is 170 Å². The lowest BCUT2D eigenvalue weighted by Crippen LogP contribution is -2.14. The van der Waals surface area contributed by atoms with Gasteiger partial charge in [0, 0.05) is 44.9 Å². The summed E-state index contributed by atoms with van der Waals surface area (Å²) in [7, 11) is 0. The molecule has 0 radical (unpaired) electrons. The molecule has 8 aromatic rings. The number of para-hydroxylation sites is 1. The Morgan fingerprint density at radius 1 is 0.415 bits per heavy atom. The molecule has 2 aliphatic rings. The average Bonchev–Trinajstić information content (AvgIpc) is 3.64. The van der Waals surface area contributed by atoms with Crippen LogP contribution in [0.5, 0.6) is 0 Å². The Bertz CT molecular complexity index is 2760. The summed E-state index contributed by atoms with van der Waals surface area (Å²) in [4.78, 5) is 15.3. The maximum absolute atomic E-state index is 6.69. The van der Waals surface area contributed by atoms with Crippen LogP contribution >= 0.6 is 0 Å². The molecule has 53 heavy (non-hydrogen) atoms. The van der Waals surface area contributed by atoms with Crippen molar-refractivity contribution in [2.75, 3.05) is 0 Å². The molecule has 2 aromatic heterocycles. The summed E-state index contributed by atoms with van der Waals surface area (Å²) in [6, 6.07) is 50.3. The van der Waals surface area contributed by atoms with Gasteiger partial charge in [0.1, 0.15) is 11.2 Å². The van der Waals surface area contributed by atoms with Gasteiger partial charge in [0.25, 0.3) is 0 Å². The van der Waals surface area contributed by atoms with E-state index in [0.29, 0.717) is 29.3 Å². The molecule has 250 valence electrons. The van der Waals surface area contributed by atoms with Crippen LogP contribution < -0.4 is 0 Å². The molecule has 0 bridgehead atoms. The van der Waals surface area contributed by atoms with Gasteiger partial charge >= 0.3 is 0 Å². The van der Waals surface area contributed by atoms with Gasteiger partial charge in [0.05, 0.1) is 0 Å². The van der Waals surface area contributed by atoms with Gasteiger partial charge in [-0.15, -0.1) is 0 Å². The average molecular weight is 680 g/mol. The normalized spacial score (nSPS) is 16.2. The van der Waals surface area contributed by atoms with E-state index in [0.717, 1.165) is 55.3 Å². The molecule has 0 fully saturated rings. The standard InChI is InChI=1S/C49H33N3O/c1-3-12-32(13-4-1)33-22-28-38(29-23-33)48-50-47(37-15-5-2-6-16-37)51-49(52-48)43-31-30-41(46-45(43)42-19-9-10-21-44(42)53-46)36-26-24-35(25-27-36)40-20-11-17-34-14-7-8-18-39(34)40/h1-31,34,39H. The summed E-state index contributed by atoms with van der Waals surface area (Å²) >= 11 is 0. The predicted octanol–water partition coefficient (Wildman–Crippen LogP) is 12.4. The van der Waals surface area contributed by atoms with Crippen molar-refractivity contribution in [2.24, 2.45) is 11.8 Å². The molecule has 0 saturated carbocycles. The Morgan fingerprint density at radius 2 is 0.962 bits per heavy atom. The summed E-state index contributed by atoms with van der Waals surface area (Å²) < 4.78 is 6.69. The Kier molecular flexibility index (Phi) is 7.58. The van der Waals surface area contributed by atoms with Crippen molar-refractivity contribution in [3.05, 3.63) is 194 Å². The number of allylic oxidation sites excluding steroid dienone is 8. The molecule has 0 N–H and O–H groups in total. The van der Waals surface area contributed by atoms with E-state index in [1.807, 2.05) is 48.5 Å². The SMILES string of the molecule is C1=CC2C=CC=C(c3ccc(-c4ccc(-c5nc(-c6ccccc6)nc(-c6ccc(-c7ccccc7)cc6)n5)c5c4oc4ccccc45)cc3)C2C=C1. The second-order valence-corrected chi connectivity index (χ2v) is 13.5. The Balaban J connectivity index is 1.10. The van der Waals surface area contributed by atoms with Crippen molar-refractivity contribution in [2.45, 2.75) is 0 Å². The third kappa shape index (κ3) is 5.62. The lowest BCUT2D eigenvalue weighted by Gasteiger charge is -2.27. The molecular weight excluding hydrogens is 647 g/mol. The molecule has 2 heterocycles. The maximum atomic E-state index is 6.69. The minimum atomic E-state index is 0.352. The predicted molar refractivity (Wildman–Crippen MR) is 217 cm³/mol. The van der Waals surface area contributed by atoms with Crippen LogP contribution in [-0.4, -0.2) is 15.0 Å². The Labute approximate surface area is 307 Å². The number of fused-ring (bicyclic) bond motifs is 4. The highest BCUT2D eigenvalue weighted by molar-refractivity contribution is 6.15. The van der Waals surface area contributed by atoms with E-state index in [1.54, 1.807) is 0 Å². The second kappa shape index (κ2) is 13.0. The van der Waals surface area contributed by atoms with Crippen LogP contribution in [-0.2, 0) is 0 Å². The van der Waals surface area contributed by atoms with Crippen molar-refractivity contribution in [3.8, 4) is 56.4 Å². The third-order valence-electron chi connectivity index (χ3n) is 10.4. The Hall–Kier alpha value is -6.91. The van der Waals surface area contributed by atoms with Crippen LogP contribution in [0.15, 0.2) is 193 Å². The van der Waals surface area contributed by atoms with E-state index in [9.17, 15) is 0 Å². The zero-order chi connectivity index (χ0) is 35.1. The minimum Gasteiger partial charge on any atom is -0.455 e. The molecular formula is C49H33N3O. The highest BCUT2D eigenvalue weighted by Gasteiger charge is 2.24. The second-order valence-electron chi connectivity index (χ2n) is 13.5. The lowest BCUT2D eigenvalue weighted by molar-refractivity contribution is 0.670. The number of hydrogen-bond acceptors (Lipinski definition) is 4. The third-order valence-corrected chi connectivity index (χ3v) is 10.4. The van der Waals surface area contributed by atoms with Gasteiger partial charge in [-0.3, -0.25) is 0 Å². The van der Waals surface area contributed by atoms with Crippen LogP contribution in [0, 0.1) is 11.8 Å². The molecule has 0 saturated heterocycles. The van der Waals surface area contributed by atoms with Crippen molar-refractivity contribution in [1.29, 1.82) is 0 Å². The van der Waals surface area contributed by atoms with Crippen molar-refractivity contribution in [3.63, 3.8) is 0 Å². The molecule has 6 aromatic carbocycles. The van der Waals surface area contributed by atoms with E-state index >= 15 is 0 Å². The zero-order valence-electron chi connectivity index (χ0n) is 28.8. The topological polar surface area (TPSA) is 51.8 Å². The van der Waals surface area contributed by atoms with E-state index < -0.39 is 0 Å². The maximum Gasteiger partial charge on any atom is 0.164 e. The highest BCUT2D eigenvalue weighted by Crippen LogP contribution is 2.43.